The maximum atomic E-state index is 9.57. The number of aryl methyl sites for hydroxylation is 1. The van der Waals surface area contributed by atoms with Crippen LogP contribution in [0.25, 0.3) is 0 Å². The summed E-state index contributed by atoms with van der Waals surface area (Å²) in [6.45, 7) is 4.15. The minimum absolute atomic E-state index is 0.357. The van der Waals surface area contributed by atoms with Crippen molar-refractivity contribution in [3.05, 3.63) is 5.82 Å². The summed E-state index contributed by atoms with van der Waals surface area (Å²) >= 11 is 0. The molecule has 0 aromatic carbocycles. The number of rotatable bonds is 4. The fraction of sp³-hybridized carbons (Fsp3) is 0.875. The number of nitrogens with zero attached hydrogens (tertiary/aromatic N) is 4. The first kappa shape index (κ1) is 10.1. The second-order valence-corrected chi connectivity index (χ2v) is 3.68. The monoisotopic (exact) mass is 184 g/mol. The van der Waals surface area contributed by atoms with E-state index in [9.17, 15) is 5.11 Å². The van der Waals surface area contributed by atoms with Crippen LogP contribution < -0.4 is 0 Å². The minimum atomic E-state index is -0.357. The van der Waals surface area contributed by atoms with Gasteiger partial charge in [0.1, 0.15) is 0 Å². The van der Waals surface area contributed by atoms with Crippen LogP contribution in [-0.2, 0) is 13.5 Å². The van der Waals surface area contributed by atoms with Gasteiger partial charge in [0.25, 0.3) is 0 Å². The molecule has 5 nitrogen and oxygen atoms in total. The van der Waals surface area contributed by atoms with Crippen molar-refractivity contribution in [3.8, 4) is 0 Å². The number of hydrogen-bond acceptors (Lipinski definition) is 4. The predicted molar refractivity (Wildman–Crippen MR) is 48.0 cm³/mol. The van der Waals surface area contributed by atoms with E-state index in [0.29, 0.717) is 18.2 Å². The van der Waals surface area contributed by atoms with Crippen molar-refractivity contribution in [1.82, 2.24) is 20.2 Å². The van der Waals surface area contributed by atoms with Gasteiger partial charge in [-0.05, 0) is 17.6 Å². The van der Waals surface area contributed by atoms with Crippen LogP contribution in [0.3, 0.4) is 0 Å². The first-order valence-corrected chi connectivity index (χ1v) is 4.49. The smallest absolute Gasteiger partial charge is 0.177 e. The average Bonchev–Trinajstić information content (AvgIpc) is 2.33. The van der Waals surface area contributed by atoms with Crippen molar-refractivity contribution in [2.75, 3.05) is 0 Å². The fourth-order valence-corrected chi connectivity index (χ4v) is 1.24. The molecule has 0 bridgehead atoms. The Balaban J connectivity index is 2.40. The van der Waals surface area contributed by atoms with Gasteiger partial charge in [-0.1, -0.05) is 13.8 Å². The molecule has 13 heavy (non-hydrogen) atoms. The maximum Gasteiger partial charge on any atom is 0.177 e. The Labute approximate surface area is 77.8 Å². The number of aliphatic hydroxyl groups excluding tert-OH is 1. The Bertz CT molecular complexity index is 258. The van der Waals surface area contributed by atoms with Gasteiger partial charge < -0.3 is 5.11 Å². The molecule has 74 valence electrons. The van der Waals surface area contributed by atoms with Crippen molar-refractivity contribution in [2.45, 2.75) is 32.8 Å². The summed E-state index contributed by atoms with van der Waals surface area (Å²) in [5.74, 6) is 1.10. The molecule has 1 unspecified atom stereocenters. The Kier molecular flexibility index (Phi) is 3.36. The Morgan fingerprint density at radius 1 is 1.46 bits per heavy atom. The van der Waals surface area contributed by atoms with Crippen molar-refractivity contribution in [3.63, 3.8) is 0 Å². The van der Waals surface area contributed by atoms with Gasteiger partial charge in [-0.25, -0.2) is 0 Å². The Morgan fingerprint density at radius 3 is 2.62 bits per heavy atom. The Morgan fingerprint density at radius 2 is 2.15 bits per heavy atom. The van der Waals surface area contributed by atoms with Gasteiger partial charge in [0, 0.05) is 6.42 Å². The molecule has 0 saturated carbocycles. The third-order valence-corrected chi connectivity index (χ3v) is 1.71. The first-order chi connectivity index (χ1) is 6.08. The van der Waals surface area contributed by atoms with E-state index in [1.165, 1.54) is 4.80 Å². The summed E-state index contributed by atoms with van der Waals surface area (Å²) in [5.41, 5.74) is 0. The van der Waals surface area contributed by atoms with E-state index >= 15 is 0 Å². The molecule has 1 heterocycles. The summed E-state index contributed by atoms with van der Waals surface area (Å²) in [7, 11) is 1.71. The second kappa shape index (κ2) is 4.32. The highest BCUT2D eigenvalue weighted by Crippen LogP contribution is 2.07. The van der Waals surface area contributed by atoms with Crippen LogP contribution in [0, 0.1) is 5.92 Å². The second-order valence-electron chi connectivity index (χ2n) is 3.68. The molecule has 0 saturated heterocycles. The molecule has 0 fully saturated rings. The summed E-state index contributed by atoms with van der Waals surface area (Å²) in [5, 5.41) is 21.1. The van der Waals surface area contributed by atoms with Gasteiger partial charge >= 0.3 is 0 Å². The predicted octanol–water partition coefficient (Wildman–Crippen LogP) is 0.160. The molecule has 1 atom stereocenters. The first-order valence-electron chi connectivity index (χ1n) is 4.49. The number of hydrogen-bond donors (Lipinski definition) is 1. The summed E-state index contributed by atoms with van der Waals surface area (Å²) in [6, 6.07) is 0. The molecular weight excluding hydrogens is 168 g/mol. The van der Waals surface area contributed by atoms with Gasteiger partial charge in [0.2, 0.25) is 0 Å². The van der Waals surface area contributed by atoms with Crippen LogP contribution in [0.4, 0.5) is 0 Å². The summed E-state index contributed by atoms with van der Waals surface area (Å²) in [4.78, 5) is 1.40. The average molecular weight is 184 g/mol. The maximum absolute atomic E-state index is 9.57. The lowest BCUT2D eigenvalue weighted by atomic mass is 10.0. The van der Waals surface area contributed by atoms with Crippen molar-refractivity contribution < 1.29 is 5.11 Å². The molecule has 0 aliphatic heterocycles. The molecule has 0 amide bonds. The third kappa shape index (κ3) is 3.50. The van der Waals surface area contributed by atoms with Crippen LogP contribution in [-0.4, -0.2) is 31.4 Å². The zero-order valence-corrected chi connectivity index (χ0v) is 8.30. The van der Waals surface area contributed by atoms with E-state index in [0.717, 1.165) is 6.42 Å². The van der Waals surface area contributed by atoms with Gasteiger partial charge in [-0.15, -0.1) is 10.2 Å². The molecule has 1 rings (SSSR count). The van der Waals surface area contributed by atoms with Crippen molar-refractivity contribution in [2.24, 2.45) is 13.0 Å². The van der Waals surface area contributed by atoms with E-state index in [-0.39, 0.29) is 6.10 Å². The van der Waals surface area contributed by atoms with Crippen molar-refractivity contribution >= 4 is 0 Å². The highest BCUT2D eigenvalue weighted by molar-refractivity contribution is 4.80. The zero-order chi connectivity index (χ0) is 9.84. The summed E-state index contributed by atoms with van der Waals surface area (Å²) < 4.78 is 0. The SMILES string of the molecule is CC(C)CC(O)Cc1nnn(C)n1. The summed E-state index contributed by atoms with van der Waals surface area (Å²) in [6.07, 6.45) is 0.911. The number of aliphatic hydroxyl groups is 1. The molecule has 0 aliphatic rings. The Hall–Kier alpha value is -0.970. The van der Waals surface area contributed by atoms with E-state index in [4.69, 9.17) is 0 Å². The van der Waals surface area contributed by atoms with Gasteiger partial charge in [-0.3, -0.25) is 0 Å². The molecule has 1 N–H and O–H groups in total. The number of aromatic nitrogens is 4. The highest BCUT2D eigenvalue weighted by atomic mass is 16.3. The third-order valence-electron chi connectivity index (χ3n) is 1.71. The molecule has 1 aromatic rings. The van der Waals surface area contributed by atoms with Crippen molar-refractivity contribution in [1.29, 1.82) is 0 Å². The topological polar surface area (TPSA) is 63.8 Å². The van der Waals surface area contributed by atoms with Crippen LogP contribution in [0.5, 0.6) is 0 Å². The van der Waals surface area contributed by atoms with Gasteiger partial charge in [0.15, 0.2) is 5.82 Å². The van der Waals surface area contributed by atoms with E-state index in [1.54, 1.807) is 7.05 Å². The lowest BCUT2D eigenvalue weighted by Crippen LogP contribution is -2.14. The standard InChI is InChI=1S/C8H16N4O/c1-6(2)4-7(13)5-8-9-11-12(3)10-8/h6-7,13H,4-5H2,1-3H3. The quantitative estimate of drug-likeness (QED) is 0.724. The van der Waals surface area contributed by atoms with E-state index < -0.39 is 0 Å². The lowest BCUT2D eigenvalue weighted by molar-refractivity contribution is 0.147. The normalized spacial score (nSPS) is 13.6. The molecule has 0 radical (unpaired) electrons. The van der Waals surface area contributed by atoms with Crippen LogP contribution in [0.15, 0.2) is 0 Å². The molecular formula is C8H16N4O. The minimum Gasteiger partial charge on any atom is -0.393 e. The van der Waals surface area contributed by atoms with E-state index in [1.807, 2.05) is 0 Å². The molecule has 0 aliphatic carbocycles. The fourth-order valence-electron chi connectivity index (χ4n) is 1.24. The van der Waals surface area contributed by atoms with Gasteiger partial charge in [0.05, 0.1) is 13.2 Å². The van der Waals surface area contributed by atoms with Crippen LogP contribution in [0.1, 0.15) is 26.1 Å². The molecule has 5 heteroatoms. The highest BCUT2D eigenvalue weighted by Gasteiger charge is 2.10. The van der Waals surface area contributed by atoms with Crippen LogP contribution >= 0.6 is 0 Å². The molecule has 0 spiro atoms. The molecule has 1 aromatic heterocycles. The zero-order valence-electron chi connectivity index (χ0n) is 8.30. The van der Waals surface area contributed by atoms with E-state index in [2.05, 4.69) is 29.3 Å². The van der Waals surface area contributed by atoms with Gasteiger partial charge in [-0.2, -0.15) is 4.80 Å². The number of tetrazole rings is 1. The van der Waals surface area contributed by atoms with Crippen LogP contribution in [0.2, 0.25) is 0 Å². The lowest BCUT2D eigenvalue weighted by Gasteiger charge is -2.09. The largest absolute Gasteiger partial charge is 0.393 e.